The molecule has 1 N–H and O–H groups in total. The average Bonchev–Trinajstić information content (AvgIpc) is 3.17. The smallest absolute Gasteiger partial charge is 0.430 e. The normalized spacial score (nSPS) is 20.9. The summed E-state index contributed by atoms with van der Waals surface area (Å²) < 4.78 is 38.6. The first-order valence-corrected chi connectivity index (χ1v) is 14.6. The van der Waals surface area contributed by atoms with Crippen molar-refractivity contribution in [2.45, 2.75) is 45.6 Å². The highest BCUT2D eigenvalue weighted by Gasteiger charge is 2.46. The Morgan fingerprint density at radius 3 is 2.15 bits per heavy atom. The van der Waals surface area contributed by atoms with Crippen LogP contribution >= 0.6 is 30.8 Å². The third-order valence-corrected chi connectivity index (χ3v) is 8.64. The van der Waals surface area contributed by atoms with Crippen LogP contribution in [0.1, 0.15) is 32.1 Å². The first-order chi connectivity index (χ1) is 18.5. The monoisotopic (exact) mass is 596 g/mol. The Morgan fingerprint density at radius 1 is 1.05 bits per heavy atom. The molecule has 1 fully saturated rings. The van der Waals surface area contributed by atoms with Gasteiger partial charge in [0.2, 0.25) is 0 Å². The molecule has 0 spiro atoms. The summed E-state index contributed by atoms with van der Waals surface area (Å²) in [7, 11) is -3.93. The van der Waals surface area contributed by atoms with E-state index in [1.54, 1.807) is 62.4 Å². The largest absolute Gasteiger partial charge is 0.457 e. The number of hydrogen-bond donors (Lipinski definition) is 1. The van der Waals surface area contributed by atoms with Crippen molar-refractivity contribution in [2.75, 3.05) is 6.16 Å². The Hall–Kier alpha value is -3.04. The quantitative estimate of drug-likeness (QED) is 0.258. The minimum atomic E-state index is -3.93. The van der Waals surface area contributed by atoms with Crippen molar-refractivity contribution in [1.82, 2.24) is 9.55 Å². The van der Waals surface area contributed by atoms with E-state index in [2.05, 4.69) is 4.98 Å². The number of hydrogen-bond acceptors (Lipinski definition) is 8. The molecule has 1 aliphatic rings. The van der Waals surface area contributed by atoms with Crippen molar-refractivity contribution in [3.63, 3.8) is 0 Å². The highest BCUT2D eigenvalue weighted by Crippen LogP contribution is 2.52. The van der Waals surface area contributed by atoms with Gasteiger partial charge in [-0.05, 0) is 37.6 Å². The van der Waals surface area contributed by atoms with Gasteiger partial charge >= 0.3 is 19.3 Å². The number of H-pyrrole nitrogens is 1. The van der Waals surface area contributed by atoms with E-state index < -0.39 is 49.2 Å². The molecule has 1 aromatic heterocycles. The summed E-state index contributed by atoms with van der Waals surface area (Å²) in [6.45, 7) is 4.58. The molecular weight excluding hydrogens is 570 g/mol. The summed E-state index contributed by atoms with van der Waals surface area (Å²) in [6, 6.07) is 13.1. The highest BCUT2D eigenvalue weighted by atomic mass is 35.5. The maximum atomic E-state index is 14.1. The molecule has 208 valence electrons. The SMILES string of the molecule is CC(=O)OC1C(C)C(CCP(=O)(Oc2ccccc2Cl)Oc2ccccc2Cl)OC1n1cc(C)c(=O)[nH]c1=O. The van der Waals surface area contributed by atoms with Crippen LogP contribution in [0.15, 0.2) is 64.3 Å². The molecule has 0 saturated carbocycles. The molecule has 1 saturated heterocycles. The first kappa shape index (κ1) is 29.0. The van der Waals surface area contributed by atoms with E-state index in [9.17, 15) is 18.9 Å². The van der Waals surface area contributed by atoms with Crippen LogP contribution in [0.25, 0.3) is 0 Å². The maximum absolute atomic E-state index is 14.1. The van der Waals surface area contributed by atoms with Gasteiger partial charge in [0.05, 0.1) is 22.3 Å². The molecule has 0 radical (unpaired) electrons. The van der Waals surface area contributed by atoms with Crippen LogP contribution < -0.4 is 20.3 Å². The van der Waals surface area contributed by atoms with E-state index in [1.165, 1.54) is 17.7 Å². The molecule has 10 nitrogen and oxygen atoms in total. The second-order valence-electron chi connectivity index (χ2n) is 9.14. The van der Waals surface area contributed by atoms with Crippen molar-refractivity contribution in [3.05, 3.63) is 91.2 Å². The van der Waals surface area contributed by atoms with Gasteiger partial charge in [0, 0.05) is 24.6 Å². The molecule has 2 aromatic carbocycles. The Labute approximate surface area is 234 Å². The van der Waals surface area contributed by atoms with Crippen LogP contribution in [0.3, 0.4) is 0 Å². The van der Waals surface area contributed by atoms with Crippen LogP contribution in [0.2, 0.25) is 10.0 Å². The molecule has 0 bridgehead atoms. The number of para-hydroxylation sites is 2. The number of nitrogens with one attached hydrogen (secondary N) is 1. The fourth-order valence-electron chi connectivity index (χ4n) is 4.27. The lowest BCUT2D eigenvalue weighted by atomic mass is 9.98. The number of rotatable bonds is 9. The number of aromatic amines is 1. The number of aryl methyl sites for hydroxylation is 1. The van der Waals surface area contributed by atoms with Gasteiger partial charge in [0.1, 0.15) is 11.5 Å². The number of ether oxygens (including phenoxy) is 2. The maximum Gasteiger partial charge on any atom is 0.430 e. The predicted octanol–water partition coefficient (Wildman–Crippen LogP) is 5.36. The van der Waals surface area contributed by atoms with Crippen LogP contribution in [0.5, 0.6) is 11.5 Å². The van der Waals surface area contributed by atoms with Gasteiger partial charge in [0.15, 0.2) is 12.3 Å². The fraction of sp³-hybridized carbons (Fsp3) is 0.346. The zero-order valence-electron chi connectivity index (χ0n) is 21.3. The molecule has 39 heavy (non-hydrogen) atoms. The summed E-state index contributed by atoms with van der Waals surface area (Å²) in [6.07, 6.45) is -1.15. The Kier molecular flexibility index (Phi) is 8.91. The van der Waals surface area contributed by atoms with Crippen molar-refractivity contribution in [3.8, 4) is 11.5 Å². The minimum absolute atomic E-state index is 0.127. The van der Waals surface area contributed by atoms with Gasteiger partial charge < -0.3 is 18.5 Å². The van der Waals surface area contributed by atoms with E-state index >= 15 is 0 Å². The van der Waals surface area contributed by atoms with Crippen LogP contribution in [-0.4, -0.2) is 33.9 Å². The average molecular weight is 597 g/mol. The van der Waals surface area contributed by atoms with Crippen molar-refractivity contribution < 1.29 is 27.9 Å². The van der Waals surface area contributed by atoms with Crippen LogP contribution in [0, 0.1) is 12.8 Å². The number of halogens is 2. The van der Waals surface area contributed by atoms with Gasteiger partial charge in [0.25, 0.3) is 5.56 Å². The number of aromatic nitrogens is 2. The van der Waals surface area contributed by atoms with E-state index in [1.807, 2.05) is 0 Å². The lowest BCUT2D eigenvalue weighted by Crippen LogP contribution is -2.38. The predicted molar refractivity (Wildman–Crippen MR) is 146 cm³/mol. The molecule has 0 aliphatic carbocycles. The standard InChI is InChI=1S/C26H27Cl2N2O8P/c1-15-14-30(26(33)29-24(15)32)25-23(35-17(3)31)16(2)20(36-25)12-13-39(34,37-21-10-6-4-8-18(21)27)38-22-11-7-5-9-19(22)28/h4-11,14,16,20,23,25H,12-13H2,1-3H3,(H,29,32,33). The second kappa shape index (κ2) is 12.0. The Morgan fingerprint density at radius 2 is 1.62 bits per heavy atom. The van der Waals surface area contributed by atoms with Gasteiger partial charge in [-0.15, -0.1) is 0 Å². The minimum Gasteiger partial charge on any atom is -0.457 e. The second-order valence-corrected chi connectivity index (χ2v) is 12.0. The third kappa shape index (κ3) is 6.76. The summed E-state index contributed by atoms with van der Waals surface area (Å²) in [4.78, 5) is 38.6. The van der Waals surface area contributed by atoms with E-state index in [0.717, 1.165) is 0 Å². The van der Waals surface area contributed by atoms with Crippen LogP contribution in [0.4, 0.5) is 0 Å². The molecule has 13 heteroatoms. The zero-order chi connectivity index (χ0) is 28.3. The van der Waals surface area contributed by atoms with E-state index in [0.29, 0.717) is 0 Å². The van der Waals surface area contributed by atoms with Crippen molar-refractivity contribution in [2.24, 2.45) is 5.92 Å². The zero-order valence-corrected chi connectivity index (χ0v) is 23.7. The first-order valence-electron chi connectivity index (χ1n) is 12.1. The number of nitrogens with zero attached hydrogens (tertiary/aromatic N) is 1. The molecule has 4 atom stereocenters. The summed E-state index contributed by atoms with van der Waals surface area (Å²) >= 11 is 12.5. The summed E-state index contributed by atoms with van der Waals surface area (Å²) in [5, 5.41) is 0.488. The Bertz CT molecular complexity index is 1470. The number of carbonyl (C=O) groups is 1. The van der Waals surface area contributed by atoms with Gasteiger partial charge in [-0.25, -0.2) is 9.36 Å². The van der Waals surface area contributed by atoms with Gasteiger partial charge in [-0.1, -0.05) is 54.4 Å². The van der Waals surface area contributed by atoms with E-state index in [4.69, 9.17) is 41.7 Å². The van der Waals surface area contributed by atoms with Crippen molar-refractivity contribution in [1.29, 1.82) is 0 Å². The van der Waals surface area contributed by atoms with Crippen LogP contribution in [-0.2, 0) is 18.8 Å². The molecule has 2 heterocycles. The highest BCUT2D eigenvalue weighted by molar-refractivity contribution is 7.54. The number of esters is 1. The number of carbonyl (C=O) groups excluding carboxylic acids is 1. The summed E-state index contributed by atoms with van der Waals surface area (Å²) in [5.41, 5.74) is -0.964. The molecule has 3 aromatic rings. The lowest BCUT2D eigenvalue weighted by molar-refractivity contribution is -0.153. The topological polar surface area (TPSA) is 126 Å². The van der Waals surface area contributed by atoms with Gasteiger partial charge in [-0.3, -0.25) is 19.1 Å². The molecule has 1 aliphatic heterocycles. The molecule has 4 unspecified atom stereocenters. The lowest BCUT2D eigenvalue weighted by Gasteiger charge is -2.23. The fourth-order valence-corrected chi connectivity index (χ4v) is 6.44. The van der Waals surface area contributed by atoms with Gasteiger partial charge in [-0.2, -0.15) is 0 Å². The molecular formula is C26H27Cl2N2O8P. The van der Waals surface area contributed by atoms with E-state index in [-0.39, 0.29) is 39.7 Å². The Balaban J connectivity index is 1.62. The third-order valence-electron chi connectivity index (χ3n) is 6.26. The van der Waals surface area contributed by atoms with Crippen molar-refractivity contribution >= 4 is 36.8 Å². The number of benzene rings is 2. The molecule has 4 rings (SSSR count). The summed E-state index contributed by atoms with van der Waals surface area (Å²) in [5.74, 6) is -0.654. The molecule has 0 amide bonds.